The molecule has 19 heavy (non-hydrogen) atoms. The minimum absolute atomic E-state index is 0.0415. The van der Waals surface area contributed by atoms with Crippen LogP contribution in [0, 0.1) is 0 Å². The third kappa shape index (κ3) is 4.91. The summed E-state index contributed by atoms with van der Waals surface area (Å²) in [6.07, 6.45) is 0.845. The molecule has 2 N–H and O–H groups in total. The van der Waals surface area contributed by atoms with Gasteiger partial charge in [-0.1, -0.05) is 26.0 Å². The zero-order valence-electron chi connectivity index (χ0n) is 11.9. The first-order valence-corrected chi connectivity index (χ1v) is 6.62. The minimum Gasteiger partial charge on any atom is -0.496 e. The Morgan fingerprint density at radius 2 is 2.16 bits per heavy atom. The Hall–Kier alpha value is -1.55. The van der Waals surface area contributed by atoms with Gasteiger partial charge in [-0.05, 0) is 24.0 Å². The maximum absolute atomic E-state index is 11.5. The Kier molecular flexibility index (Phi) is 6.36. The Morgan fingerprint density at radius 1 is 1.42 bits per heavy atom. The van der Waals surface area contributed by atoms with Crippen molar-refractivity contribution in [3.8, 4) is 5.75 Å². The molecule has 0 aliphatic rings. The van der Waals surface area contributed by atoms with Crippen molar-refractivity contribution >= 4 is 5.91 Å². The summed E-state index contributed by atoms with van der Waals surface area (Å²) in [6, 6.07) is 6.06. The zero-order valence-corrected chi connectivity index (χ0v) is 11.9. The number of hydrogen-bond donors (Lipinski definition) is 2. The topological polar surface area (TPSA) is 58.6 Å². The predicted molar refractivity (Wildman–Crippen MR) is 75.2 cm³/mol. The van der Waals surface area contributed by atoms with Crippen LogP contribution in [0.15, 0.2) is 18.2 Å². The fourth-order valence-corrected chi connectivity index (χ4v) is 1.79. The van der Waals surface area contributed by atoms with E-state index in [-0.39, 0.29) is 12.5 Å². The van der Waals surface area contributed by atoms with Crippen molar-refractivity contribution in [2.45, 2.75) is 39.2 Å². The van der Waals surface area contributed by atoms with Crippen LogP contribution in [0.25, 0.3) is 0 Å². The molecule has 1 aromatic carbocycles. The first kappa shape index (κ1) is 15.5. The molecule has 0 saturated heterocycles. The van der Waals surface area contributed by atoms with Gasteiger partial charge in [0.15, 0.2) is 0 Å². The quantitative estimate of drug-likeness (QED) is 0.794. The lowest BCUT2D eigenvalue weighted by Gasteiger charge is -2.13. The van der Waals surface area contributed by atoms with Gasteiger partial charge in [-0.3, -0.25) is 4.79 Å². The number of rotatable bonds is 7. The summed E-state index contributed by atoms with van der Waals surface area (Å²) in [5.74, 6) is 1.19. The van der Waals surface area contributed by atoms with Crippen LogP contribution in [-0.4, -0.2) is 24.7 Å². The second-order valence-corrected chi connectivity index (χ2v) is 4.83. The number of methoxy groups -OCH3 is 1. The molecule has 0 bridgehead atoms. The van der Waals surface area contributed by atoms with Gasteiger partial charge in [-0.15, -0.1) is 0 Å². The summed E-state index contributed by atoms with van der Waals surface area (Å²) >= 11 is 0. The van der Waals surface area contributed by atoms with Crippen molar-refractivity contribution in [2.75, 3.05) is 13.7 Å². The number of aliphatic hydroxyl groups excluding tert-OH is 1. The molecule has 1 rings (SSSR count). The second kappa shape index (κ2) is 7.79. The van der Waals surface area contributed by atoms with Crippen molar-refractivity contribution in [2.24, 2.45) is 0 Å². The van der Waals surface area contributed by atoms with Crippen LogP contribution in [-0.2, 0) is 11.3 Å². The van der Waals surface area contributed by atoms with E-state index in [1.807, 2.05) is 12.1 Å². The summed E-state index contributed by atoms with van der Waals surface area (Å²) in [7, 11) is 1.64. The maximum atomic E-state index is 11.5. The largest absolute Gasteiger partial charge is 0.496 e. The lowest BCUT2D eigenvalue weighted by atomic mass is 10.0. The van der Waals surface area contributed by atoms with Gasteiger partial charge in [0.25, 0.3) is 0 Å². The van der Waals surface area contributed by atoms with E-state index in [0.29, 0.717) is 25.3 Å². The van der Waals surface area contributed by atoms with Gasteiger partial charge < -0.3 is 15.2 Å². The van der Waals surface area contributed by atoms with E-state index in [9.17, 15) is 4.79 Å². The van der Waals surface area contributed by atoms with Crippen molar-refractivity contribution in [1.29, 1.82) is 0 Å². The van der Waals surface area contributed by atoms with Crippen LogP contribution in [0.1, 0.15) is 43.7 Å². The van der Waals surface area contributed by atoms with Gasteiger partial charge in [0.05, 0.1) is 7.11 Å². The number of amides is 1. The third-order valence-electron chi connectivity index (χ3n) is 3.02. The number of nitrogens with one attached hydrogen (secondary N) is 1. The average Bonchev–Trinajstić information content (AvgIpc) is 2.42. The number of benzene rings is 1. The van der Waals surface area contributed by atoms with Crippen LogP contribution in [0.2, 0.25) is 0 Å². The van der Waals surface area contributed by atoms with E-state index < -0.39 is 0 Å². The van der Waals surface area contributed by atoms with E-state index in [2.05, 4.69) is 25.2 Å². The summed E-state index contributed by atoms with van der Waals surface area (Å²) in [5, 5.41) is 11.5. The van der Waals surface area contributed by atoms with Crippen molar-refractivity contribution < 1.29 is 14.6 Å². The molecule has 0 fully saturated rings. The van der Waals surface area contributed by atoms with Crippen LogP contribution in [0.3, 0.4) is 0 Å². The van der Waals surface area contributed by atoms with Gasteiger partial charge in [-0.25, -0.2) is 0 Å². The molecule has 0 spiro atoms. The molecule has 4 heteroatoms. The molecule has 0 saturated carbocycles. The molecule has 1 aromatic rings. The molecule has 0 heterocycles. The Labute approximate surface area is 114 Å². The summed E-state index contributed by atoms with van der Waals surface area (Å²) in [5.41, 5.74) is 2.18. The number of hydrogen-bond acceptors (Lipinski definition) is 3. The van der Waals surface area contributed by atoms with Crippen LogP contribution < -0.4 is 10.1 Å². The van der Waals surface area contributed by atoms with E-state index in [1.165, 1.54) is 5.56 Å². The van der Waals surface area contributed by atoms with Gasteiger partial charge in [0.1, 0.15) is 5.75 Å². The number of aliphatic hydroxyl groups is 1. The molecule has 0 atom stereocenters. The van der Waals surface area contributed by atoms with Gasteiger partial charge in [-0.2, -0.15) is 0 Å². The molecule has 106 valence electrons. The zero-order chi connectivity index (χ0) is 14.3. The molecule has 0 aliphatic heterocycles. The monoisotopic (exact) mass is 265 g/mol. The number of carbonyl (C=O) groups excluding carboxylic acids is 1. The first-order chi connectivity index (χ1) is 9.08. The molecular formula is C15H23NO3. The van der Waals surface area contributed by atoms with Gasteiger partial charge in [0, 0.05) is 25.1 Å². The summed E-state index contributed by atoms with van der Waals surface area (Å²) < 4.78 is 5.36. The maximum Gasteiger partial charge on any atom is 0.220 e. The Morgan fingerprint density at radius 3 is 2.74 bits per heavy atom. The second-order valence-electron chi connectivity index (χ2n) is 4.83. The van der Waals surface area contributed by atoms with Crippen LogP contribution in [0.5, 0.6) is 5.75 Å². The molecule has 4 nitrogen and oxygen atoms in total. The van der Waals surface area contributed by atoms with E-state index in [0.717, 1.165) is 11.3 Å². The predicted octanol–water partition coefficient (Wildman–Crippen LogP) is 2.21. The third-order valence-corrected chi connectivity index (χ3v) is 3.02. The van der Waals surface area contributed by atoms with E-state index >= 15 is 0 Å². The molecule has 0 aliphatic carbocycles. The normalized spacial score (nSPS) is 10.6. The Balaban J connectivity index is 2.65. The van der Waals surface area contributed by atoms with Gasteiger partial charge >= 0.3 is 0 Å². The number of ether oxygens (including phenoxy) is 1. The van der Waals surface area contributed by atoms with Crippen LogP contribution in [0.4, 0.5) is 0 Å². The molecule has 1 amide bonds. The fourth-order valence-electron chi connectivity index (χ4n) is 1.79. The first-order valence-electron chi connectivity index (χ1n) is 6.62. The fraction of sp³-hybridized carbons (Fsp3) is 0.533. The lowest BCUT2D eigenvalue weighted by molar-refractivity contribution is -0.121. The lowest BCUT2D eigenvalue weighted by Crippen LogP contribution is -2.23. The standard InChI is InChI=1S/C15H23NO3/c1-11(2)12-6-7-13(14(9-12)19-3)10-16-15(18)5-4-8-17/h6-7,9,11,17H,4-5,8,10H2,1-3H3,(H,16,18). The highest BCUT2D eigenvalue weighted by Crippen LogP contribution is 2.24. The Bertz CT molecular complexity index is 416. The molecule has 0 aromatic heterocycles. The number of carbonyl (C=O) groups is 1. The highest BCUT2D eigenvalue weighted by atomic mass is 16.5. The molecule has 0 unspecified atom stereocenters. The molecule has 0 radical (unpaired) electrons. The smallest absolute Gasteiger partial charge is 0.220 e. The summed E-state index contributed by atoms with van der Waals surface area (Å²) in [4.78, 5) is 11.5. The SMILES string of the molecule is COc1cc(C(C)C)ccc1CNC(=O)CCCO. The van der Waals surface area contributed by atoms with E-state index in [4.69, 9.17) is 9.84 Å². The van der Waals surface area contributed by atoms with Crippen molar-refractivity contribution in [3.05, 3.63) is 29.3 Å². The van der Waals surface area contributed by atoms with Crippen molar-refractivity contribution in [3.63, 3.8) is 0 Å². The highest BCUT2D eigenvalue weighted by Gasteiger charge is 2.08. The minimum atomic E-state index is -0.0518. The van der Waals surface area contributed by atoms with Crippen LogP contribution >= 0.6 is 0 Å². The highest BCUT2D eigenvalue weighted by molar-refractivity contribution is 5.75. The van der Waals surface area contributed by atoms with Crippen molar-refractivity contribution in [1.82, 2.24) is 5.32 Å². The summed E-state index contributed by atoms with van der Waals surface area (Å²) in [6.45, 7) is 4.75. The molecular weight excluding hydrogens is 242 g/mol. The average molecular weight is 265 g/mol. The van der Waals surface area contributed by atoms with Gasteiger partial charge in [0.2, 0.25) is 5.91 Å². The van der Waals surface area contributed by atoms with E-state index in [1.54, 1.807) is 7.11 Å².